The summed E-state index contributed by atoms with van der Waals surface area (Å²) >= 11 is 0. The van der Waals surface area contributed by atoms with Crippen LogP contribution in [0.15, 0.2) is 0 Å². The van der Waals surface area contributed by atoms with Crippen LogP contribution in [0.25, 0.3) is 0 Å². The minimum absolute atomic E-state index is 0.143. The lowest BCUT2D eigenvalue weighted by Crippen LogP contribution is -2.33. The summed E-state index contributed by atoms with van der Waals surface area (Å²) < 4.78 is 4.92. The second-order valence-electron chi connectivity index (χ2n) is 3.84. The number of rotatable bonds is 4. The fourth-order valence-electron chi connectivity index (χ4n) is 0.713. The number of ether oxygens (including phenoxy) is 1. The van der Waals surface area contributed by atoms with Gasteiger partial charge in [-0.2, -0.15) is 0 Å². The standard InChI is InChI=1S/C8H16N2O4/c1-8(2,3)14-7(11)9-5-4-6-10(12)13/h4-6H2,1-3H3,(H,9,11). The smallest absolute Gasteiger partial charge is 0.407 e. The molecular weight excluding hydrogens is 188 g/mol. The van der Waals surface area contributed by atoms with Crippen LogP contribution in [-0.2, 0) is 4.74 Å². The van der Waals surface area contributed by atoms with Crippen LogP contribution in [0.5, 0.6) is 0 Å². The maximum Gasteiger partial charge on any atom is 0.407 e. The first-order chi connectivity index (χ1) is 6.31. The largest absolute Gasteiger partial charge is 0.444 e. The van der Waals surface area contributed by atoms with Crippen molar-refractivity contribution in [1.82, 2.24) is 5.32 Å². The van der Waals surface area contributed by atoms with Gasteiger partial charge in [0.05, 0.1) is 0 Å². The molecule has 14 heavy (non-hydrogen) atoms. The monoisotopic (exact) mass is 204 g/mol. The number of carbonyl (C=O) groups is 1. The van der Waals surface area contributed by atoms with Crippen molar-refractivity contribution in [1.29, 1.82) is 0 Å². The van der Waals surface area contributed by atoms with E-state index >= 15 is 0 Å². The molecule has 0 aromatic heterocycles. The maximum atomic E-state index is 11.0. The number of carbonyl (C=O) groups excluding carboxylic acids is 1. The van der Waals surface area contributed by atoms with Crippen molar-refractivity contribution in [2.45, 2.75) is 32.8 Å². The minimum Gasteiger partial charge on any atom is -0.444 e. The van der Waals surface area contributed by atoms with E-state index in [2.05, 4.69) is 5.32 Å². The van der Waals surface area contributed by atoms with E-state index in [0.717, 1.165) is 0 Å². The third kappa shape index (κ3) is 8.76. The van der Waals surface area contributed by atoms with Crippen molar-refractivity contribution >= 4 is 6.09 Å². The molecule has 82 valence electrons. The molecule has 0 rings (SSSR count). The van der Waals surface area contributed by atoms with Crippen molar-refractivity contribution in [3.63, 3.8) is 0 Å². The zero-order chi connectivity index (χ0) is 11.2. The van der Waals surface area contributed by atoms with E-state index in [9.17, 15) is 14.9 Å². The van der Waals surface area contributed by atoms with Crippen molar-refractivity contribution in [2.24, 2.45) is 0 Å². The van der Waals surface area contributed by atoms with Gasteiger partial charge in [0.15, 0.2) is 0 Å². The number of alkyl carbamates (subject to hydrolysis) is 1. The van der Waals surface area contributed by atoms with Crippen molar-refractivity contribution < 1.29 is 14.5 Å². The second-order valence-corrected chi connectivity index (χ2v) is 3.84. The maximum absolute atomic E-state index is 11.0. The quantitative estimate of drug-likeness (QED) is 0.423. The Morgan fingerprint density at radius 3 is 2.50 bits per heavy atom. The minimum atomic E-state index is -0.541. The molecule has 1 amide bonds. The molecular formula is C8H16N2O4. The summed E-state index contributed by atoms with van der Waals surface area (Å²) in [6.45, 7) is 5.38. The summed E-state index contributed by atoms with van der Waals surface area (Å²) in [6.07, 6.45) is -0.229. The van der Waals surface area contributed by atoms with Gasteiger partial charge in [0.2, 0.25) is 6.54 Å². The van der Waals surface area contributed by atoms with E-state index in [1.165, 1.54) is 0 Å². The van der Waals surface area contributed by atoms with Gasteiger partial charge in [-0.3, -0.25) is 10.1 Å². The molecule has 0 heterocycles. The van der Waals surface area contributed by atoms with Crippen LogP contribution in [0.1, 0.15) is 27.2 Å². The van der Waals surface area contributed by atoms with Gasteiger partial charge < -0.3 is 10.1 Å². The van der Waals surface area contributed by atoms with Gasteiger partial charge in [0.1, 0.15) is 5.60 Å². The molecule has 0 unspecified atom stereocenters. The number of hydrogen-bond acceptors (Lipinski definition) is 4. The molecule has 0 fully saturated rings. The fraction of sp³-hybridized carbons (Fsp3) is 0.875. The van der Waals surface area contributed by atoms with Gasteiger partial charge in [-0.15, -0.1) is 0 Å². The predicted octanol–water partition coefficient (Wildman–Crippen LogP) is 1.18. The lowest BCUT2D eigenvalue weighted by atomic mass is 10.2. The Kier molecular flexibility index (Phi) is 4.90. The lowest BCUT2D eigenvalue weighted by Gasteiger charge is -2.19. The van der Waals surface area contributed by atoms with Gasteiger partial charge in [0.25, 0.3) is 0 Å². The highest BCUT2D eigenvalue weighted by molar-refractivity contribution is 5.67. The number of nitrogens with one attached hydrogen (secondary N) is 1. The Balaban J connectivity index is 3.50. The first-order valence-corrected chi connectivity index (χ1v) is 4.40. The first-order valence-electron chi connectivity index (χ1n) is 4.40. The van der Waals surface area contributed by atoms with Crippen LogP contribution >= 0.6 is 0 Å². The molecule has 0 saturated heterocycles. The molecule has 0 saturated carbocycles. The van der Waals surface area contributed by atoms with E-state index in [0.29, 0.717) is 6.42 Å². The second kappa shape index (κ2) is 5.41. The third-order valence-corrected chi connectivity index (χ3v) is 1.19. The van der Waals surface area contributed by atoms with Crippen LogP contribution in [-0.4, -0.2) is 29.7 Å². The summed E-state index contributed by atoms with van der Waals surface area (Å²) in [5, 5.41) is 12.4. The fourth-order valence-corrected chi connectivity index (χ4v) is 0.713. The molecule has 6 heteroatoms. The average Bonchev–Trinajstić information content (AvgIpc) is 1.94. The normalized spacial score (nSPS) is 10.8. The van der Waals surface area contributed by atoms with Gasteiger partial charge in [0, 0.05) is 17.9 Å². The Labute approximate surface area is 82.8 Å². The summed E-state index contributed by atoms with van der Waals surface area (Å²) in [5.41, 5.74) is -0.535. The Morgan fingerprint density at radius 1 is 1.50 bits per heavy atom. The Hall–Kier alpha value is -1.33. The first kappa shape index (κ1) is 12.7. The van der Waals surface area contributed by atoms with E-state index in [4.69, 9.17) is 4.74 Å². The Bertz CT molecular complexity index is 210. The molecule has 1 N–H and O–H groups in total. The highest BCUT2D eigenvalue weighted by Crippen LogP contribution is 2.06. The van der Waals surface area contributed by atoms with E-state index in [-0.39, 0.29) is 13.1 Å². The number of amides is 1. The summed E-state index contributed by atoms with van der Waals surface area (Å²) in [4.78, 5) is 20.5. The number of hydrogen-bond donors (Lipinski definition) is 1. The molecule has 0 radical (unpaired) electrons. The van der Waals surface area contributed by atoms with Gasteiger partial charge in [-0.05, 0) is 20.8 Å². The van der Waals surface area contributed by atoms with Gasteiger partial charge in [-0.25, -0.2) is 4.79 Å². The average molecular weight is 204 g/mol. The van der Waals surface area contributed by atoms with Crippen molar-refractivity contribution in [3.8, 4) is 0 Å². The van der Waals surface area contributed by atoms with E-state index < -0.39 is 16.6 Å². The van der Waals surface area contributed by atoms with Crippen LogP contribution in [0.2, 0.25) is 0 Å². The van der Waals surface area contributed by atoms with Crippen LogP contribution in [0.3, 0.4) is 0 Å². The van der Waals surface area contributed by atoms with Gasteiger partial charge in [-0.1, -0.05) is 0 Å². The SMILES string of the molecule is CC(C)(C)OC(=O)NCCC[N+](=O)[O-]. The third-order valence-electron chi connectivity index (χ3n) is 1.19. The van der Waals surface area contributed by atoms with Crippen LogP contribution < -0.4 is 5.32 Å². The molecule has 0 atom stereocenters. The van der Waals surface area contributed by atoms with Crippen molar-refractivity contribution in [3.05, 3.63) is 10.1 Å². The molecule has 0 aromatic carbocycles. The zero-order valence-electron chi connectivity index (χ0n) is 8.70. The summed E-state index contributed by atoms with van der Waals surface area (Å²) in [5.74, 6) is 0. The molecule has 0 aliphatic carbocycles. The van der Waals surface area contributed by atoms with Crippen LogP contribution in [0, 0.1) is 10.1 Å². The molecule has 6 nitrogen and oxygen atoms in total. The van der Waals surface area contributed by atoms with Crippen molar-refractivity contribution in [2.75, 3.05) is 13.1 Å². The van der Waals surface area contributed by atoms with E-state index in [1.807, 2.05) is 0 Å². The zero-order valence-corrected chi connectivity index (χ0v) is 8.70. The van der Waals surface area contributed by atoms with E-state index in [1.54, 1.807) is 20.8 Å². The highest BCUT2D eigenvalue weighted by atomic mass is 16.6. The summed E-state index contributed by atoms with van der Waals surface area (Å²) in [6, 6.07) is 0. The predicted molar refractivity (Wildman–Crippen MR) is 50.7 cm³/mol. The molecule has 0 aliphatic rings. The van der Waals surface area contributed by atoms with Crippen LogP contribution in [0.4, 0.5) is 4.79 Å². The number of nitro groups is 1. The molecule has 0 bridgehead atoms. The summed E-state index contributed by atoms with van der Waals surface area (Å²) in [7, 11) is 0. The molecule has 0 spiro atoms. The molecule has 0 aliphatic heterocycles. The topological polar surface area (TPSA) is 81.5 Å². The number of nitrogens with zero attached hydrogens (tertiary/aromatic N) is 1. The molecule has 0 aromatic rings. The van der Waals surface area contributed by atoms with Gasteiger partial charge >= 0.3 is 6.09 Å². The lowest BCUT2D eigenvalue weighted by molar-refractivity contribution is -0.480. The Morgan fingerprint density at radius 2 is 2.07 bits per heavy atom. The highest BCUT2D eigenvalue weighted by Gasteiger charge is 2.15.